The summed E-state index contributed by atoms with van der Waals surface area (Å²) in [6.07, 6.45) is 8.51. The van der Waals surface area contributed by atoms with Crippen LogP contribution >= 0.6 is 11.8 Å². The van der Waals surface area contributed by atoms with Gasteiger partial charge in [-0.15, -0.1) is 0 Å². The van der Waals surface area contributed by atoms with Gasteiger partial charge in [-0.1, -0.05) is 37.5 Å². The topological polar surface area (TPSA) is 71.3 Å². The second kappa shape index (κ2) is 8.38. The maximum absolute atomic E-state index is 12.7. The van der Waals surface area contributed by atoms with Crippen LogP contribution in [0.15, 0.2) is 28.7 Å². The van der Waals surface area contributed by atoms with E-state index < -0.39 is 0 Å². The number of hydrogen-bond acceptors (Lipinski definition) is 4. The molecule has 0 aliphatic heterocycles. The average Bonchev–Trinajstić information content (AvgIpc) is 3.43. The minimum Gasteiger partial charge on any atom is -0.451 e. The molecule has 5 nitrogen and oxygen atoms in total. The van der Waals surface area contributed by atoms with Gasteiger partial charge in [0.05, 0.1) is 6.54 Å². The van der Waals surface area contributed by atoms with Crippen molar-refractivity contribution in [2.45, 2.75) is 62.0 Å². The fraction of sp³-hybridized carbons (Fsp3) is 0.524. The third kappa shape index (κ3) is 4.67. The maximum atomic E-state index is 12.7. The van der Waals surface area contributed by atoms with Crippen LogP contribution in [0, 0.1) is 0 Å². The van der Waals surface area contributed by atoms with E-state index >= 15 is 0 Å². The van der Waals surface area contributed by atoms with Crippen LogP contribution in [0.2, 0.25) is 0 Å². The molecule has 2 aromatic rings. The molecule has 0 bridgehead atoms. The highest BCUT2D eigenvalue weighted by Gasteiger charge is 2.25. The smallest absolute Gasteiger partial charge is 0.287 e. The zero-order chi connectivity index (χ0) is 18.6. The number of nitrogens with one attached hydrogen (secondary N) is 2. The van der Waals surface area contributed by atoms with E-state index in [4.69, 9.17) is 4.42 Å². The number of fused-ring (bicyclic) bond motifs is 1. The lowest BCUT2D eigenvalue weighted by atomic mass is 10.0. The first-order chi connectivity index (χ1) is 13.2. The summed E-state index contributed by atoms with van der Waals surface area (Å²) in [5.41, 5.74) is 1.67. The Morgan fingerprint density at radius 1 is 1.07 bits per heavy atom. The lowest BCUT2D eigenvalue weighted by Crippen LogP contribution is -2.37. The SMILES string of the molecule is O=C(CNC(=O)c1oc2ccccc2c1CSC1CCCCC1)NC1CC1. The molecule has 2 aliphatic carbocycles. The van der Waals surface area contributed by atoms with Gasteiger partial charge in [-0.2, -0.15) is 11.8 Å². The van der Waals surface area contributed by atoms with Gasteiger partial charge in [-0.3, -0.25) is 9.59 Å². The number of furan rings is 1. The van der Waals surface area contributed by atoms with Crippen molar-refractivity contribution in [3.63, 3.8) is 0 Å². The first-order valence-corrected chi connectivity index (χ1v) is 10.9. The van der Waals surface area contributed by atoms with Crippen LogP contribution in [0.1, 0.15) is 61.1 Å². The third-order valence-electron chi connectivity index (χ3n) is 5.27. The Hall–Kier alpha value is -1.95. The number of carbonyl (C=O) groups excluding carboxylic acids is 2. The van der Waals surface area contributed by atoms with Crippen molar-refractivity contribution in [3.05, 3.63) is 35.6 Å². The molecule has 27 heavy (non-hydrogen) atoms. The standard InChI is InChI=1S/C21H26N2O3S/c24-19(23-14-10-11-14)12-22-21(25)20-17(13-27-15-6-2-1-3-7-15)16-8-4-5-9-18(16)26-20/h4-5,8-9,14-15H,1-3,6-7,10-13H2,(H,22,25)(H,23,24). The molecule has 6 heteroatoms. The fourth-order valence-electron chi connectivity index (χ4n) is 3.61. The highest BCUT2D eigenvalue weighted by molar-refractivity contribution is 7.99. The Morgan fingerprint density at radius 3 is 2.63 bits per heavy atom. The van der Waals surface area contributed by atoms with Crippen molar-refractivity contribution < 1.29 is 14.0 Å². The summed E-state index contributed by atoms with van der Waals surface area (Å²) in [6, 6.07) is 8.07. The highest BCUT2D eigenvalue weighted by Crippen LogP contribution is 2.34. The number of rotatable bonds is 7. The van der Waals surface area contributed by atoms with Gasteiger partial charge in [0.1, 0.15) is 5.58 Å². The summed E-state index contributed by atoms with van der Waals surface area (Å²) >= 11 is 1.92. The van der Waals surface area contributed by atoms with E-state index in [1.54, 1.807) is 0 Å². The molecule has 0 unspecified atom stereocenters. The minimum atomic E-state index is -0.309. The van der Waals surface area contributed by atoms with Gasteiger partial charge in [0.2, 0.25) is 5.91 Å². The third-order valence-corrected chi connectivity index (χ3v) is 6.67. The van der Waals surface area contributed by atoms with Crippen molar-refractivity contribution in [3.8, 4) is 0 Å². The number of carbonyl (C=O) groups is 2. The summed E-state index contributed by atoms with van der Waals surface area (Å²) in [7, 11) is 0. The highest BCUT2D eigenvalue weighted by atomic mass is 32.2. The lowest BCUT2D eigenvalue weighted by molar-refractivity contribution is -0.120. The molecule has 2 aliphatic rings. The zero-order valence-corrected chi connectivity index (χ0v) is 16.3. The summed E-state index contributed by atoms with van der Waals surface area (Å²) in [5, 5.41) is 7.25. The molecule has 1 aromatic carbocycles. The van der Waals surface area contributed by atoms with E-state index in [1.807, 2.05) is 36.0 Å². The number of amides is 2. The van der Waals surface area contributed by atoms with Crippen molar-refractivity contribution in [2.75, 3.05) is 6.54 Å². The minimum absolute atomic E-state index is 0.0123. The van der Waals surface area contributed by atoms with Gasteiger partial charge in [0.25, 0.3) is 5.91 Å². The number of hydrogen-bond donors (Lipinski definition) is 2. The van der Waals surface area contributed by atoms with Crippen molar-refractivity contribution in [2.24, 2.45) is 0 Å². The van der Waals surface area contributed by atoms with Crippen molar-refractivity contribution in [1.82, 2.24) is 10.6 Å². The monoisotopic (exact) mass is 386 g/mol. The van der Waals surface area contributed by atoms with Crippen LogP contribution in [-0.2, 0) is 10.5 Å². The Morgan fingerprint density at radius 2 is 1.85 bits per heavy atom. The molecular formula is C21H26N2O3S. The average molecular weight is 387 g/mol. The van der Waals surface area contributed by atoms with E-state index in [2.05, 4.69) is 10.6 Å². The lowest BCUT2D eigenvalue weighted by Gasteiger charge is -2.20. The molecule has 1 aromatic heterocycles. The van der Waals surface area contributed by atoms with Gasteiger partial charge in [0, 0.05) is 28.0 Å². The Balaban J connectivity index is 1.46. The van der Waals surface area contributed by atoms with Crippen molar-refractivity contribution in [1.29, 1.82) is 0 Å². The van der Waals surface area contributed by atoms with Crippen LogP contribution in [0.25, 0.3) is 11.0 Å². The molecule has 1 heterocycles. The van der Waals surface area contributed by atoms with E-state index in [-0.39, 0.29) is 18.4 Å². The van der Waals surface area contributed by atoms with Crippen LogP contribution in [0.5, 0.6) is 0 Å². The van der Waals surface area contributed by atoms with E-state index in [0.717, 1.165) is 35.1 Å². The molecular weight excluding hydrogens is 360 g/mol. The summed E-state index contributed by atoms with van der Waals surface area (Å²) in [6.45, 7) is -0.0123. The Labute approximate surface area is 163 Å². The molecule has 0 saturated heterocycles. The van der Waals surface area contributed by atoms with Crippen LogP contribution in [0.4, 0.5) is 0 Å². The second-order valence-corrected chi connectivity index (χ2v) is 8.79. The van der Waals surface area contributed by atoms with Crippen LogP contribution in [-0.4, -0.2) is 29.7 Å². The molecule has 0 radical (unpaired) electrons. The van der Waals surface area contributed by atoms with Gasteiger partial charge in [0.15, 0.2) is 5.76 Å². The Bertz CT molecular complexity index is 822. The predicted octanol–water partition coefficient (Wildman–Crippen LogP) is 4.01. The summed E-state index contributed by atoms with van der Waals surface area (Å²) < 4.78 is 5.87. The summed E-state index contributed by atoms with van der Waals surface area (Å²) in [5.74, 6) is 0.661. The van der Waals surface area contributed by atoms with Crippen LogP contribution in [0.3, 0.4) is 0 Å². The molecule has 4 rings (SSSR count). The van der Waals surface area contributed by atoms with Crippen molar-refractivity contribution >= 4 is 34.5 Å². The number of para-hydroxylation sites is 1. The molecule has 0 atom stereocenters. The van der Waals surface area contributed by atoms with Gasteiger partial charge < -0.3 is 15.1 Å². The van der Waals surface area contributed by atoms with Crippen LogP contribution < -0.4 is 10.6 Å². The molecule has 0 spiro atoms. The predicted molar refractivity (Wildman–Crippen MR) is 108 cm³/mol. The van der Waals surface area contributed by atoms with E-state index in [9.17, 15) is 9.59 Å². The first kappa shape index (κ1) is 18.4. The van der Waals surface area contributed by atoms with E-state index in [0.29, 0.717) is 17.1 Å². The number of thioether (sulfide) groups is 1. The molecule has 2 amide bonds. The fourth-order valence-corrected chi connectivity index (χ4v) is 4.96. The van der Waals surface area contributed by atoms with E-state index in [1.165, 1.54) is 32.1 Å². The first-order valence-electron chi connectivity index (χ1n) is 9.90. The maximum Gasteiger partial charge on any atom is 0.287 e. The largest absolute Gasteiger partial charge is 0.451 e. The Kier molecular flexibility index (Phi) is 5.72. The van der Waals surface area contributed by atoms with Gasteiger partial charge >= 0.3 is 0 Å². The molecule has 144 valence electrons. The molecule has 2 saturated carbocycles. The second-order valence-electron chi connectivity index (χ2n) is 7.50. The zero-order valence-electron chi connectivity index (χ0n) is 15.5. The summed E-state index contributed by atoms with van der Waals surface area (Å²) in [4.78, 5) is 24.6. The number of benzene rings is 1. The molecule has 2 fully saturated rings. The molecule has 2 N–H and O–H groups in total. The quantitative estimate of drug-likeness (QED) is 0.754. The van der Waals surface area contributed by atoms with Gasteiger partial charge in [-0.05, 0) is 31.7 Å². The van der Waals surface area contributed by atoms with Gasteiger partial charge in [-0.25, -0.2) is 0 Å². The normalized spacial score (nSPS) is 17.8.